The van der Waals surface area contributed by atoms with Crippen LogP contribution < -0.4 is 4.74 Å². The van der Waals surface area contributed by atoms with Gasteiger partial charge in [-0.05, 0) is 46.9 Å². The molecule has 0 radical (unpaired) electrons. The molecule has 0 fully saturated rings. The van der Waals surface area contributed by atoms with E-state index in [2.05, 4.69) is 32.7 Å². The van der Waals surface area contributed by atoms with Crippen LogP contribution in [0.4, 0.5) is 0 Å². The Bertz CT molecular complexity index is 834. The van der Waals surface area contributed by atoms with Gasteiger partial charge in [-0.2, -0.15) is 4.98 Å². The predicted octanol–water partition coefficient (Wildman–Crippen LogP) is 3.38. The summed E-state index contributed by atoms with van der Waals surface area (Å²) in [4.78, 5) is 18.0. The van der Waals surface area contributed by atoms with E-state index in [1.54, 1.807) is 7.05 Å². The smallest absolute Gasteiger partial charge is 0.260 e. The first kappa shape index (κ1) is 17.4. The minimum atomic E-state index is -0.169. The van der Waals surface area contributed by atoms with Crippen LogP contribution in [0, 0.1) is 3.57 Å². The van der Waals surface area contributed by atoms with Gasteiger partial charge in [-0.1, -0.05) is 35.5 Å². The van der Waals surface area contributed by atoms with Crippen molar-refractivity contribution in [2.75, 3.05) is 13.7 Å². The number of carbonyl (C=O) groups is 1. The highest BCUT2D eigenvalue weighted by Crippen LogP contribution is 2.16. The van der Waals surface area contributed by atoms with Crippen LogP contribution in [0.15, 0.2) is 59.1 Å². The molecule has 7 heteroatoms. The molecular formula is C18H16IN3O3. The van der Waals surface area contributed by atoms with Gasteiger partial charge < -0.3 is 14.2 Å². The number of hydrogen-bond acceptors (Lipinski definition) is 5. The lowest BCUT2D eigenvalue weighted by atomic mass is 10.2. The van der Waals surface area contributed by atoms with E-state index in [1.165, 1.54) is 4.90 Å². The Morgan fingerprint density at radius 2 is 1.88 bits per heavy atom. The van der Waals surface area contributed by atoms with Crippen LogP contribution in [-0.2, 0) is 11.3 Å². The van der Waals surface area contributed by atoms with Crippen molar-refractivity contribution in [3.05, 3.63) is 64.1 Å². The van der Waals surface area contributed by atoms with E-state index in [9.17, 15) is 4.79 Å². The van der Waals surface area contributed by atoms with Gasteiger partial charge >= 0.3 is 0 Å². The fourth-order valence-electron chi connectivity index (χ4n) is 2.10. The zero-order valence-corrected chi connectivity index (χ0v) is 15.7. The van der Waals surface area contributed by atoms with E-state index >= 15 is 0 Å². The van der Waals surface area contributed by atoms with Crippen LogP contribution in [0.2, 0.25) is 0 Å². The summed E-state index contributed by atoms with van der Waals surface area (Å²) in [5.41, 5.74) is 0.869. The summed E-state index contributed by atoms with van der Waals surface area (Å²) in [5.74, 6) is 1.37. The van der Waals surface area contributed by atoms with Gasteiger partial charge in [-0.15, -0.1) is 0 Å². The monoisotopic (exact) mass is 449 g/mol. The zero-order chi connectivity index (χ0) is 17.6. The van der Waals surface area contributed by atoms with Crippen LogP contribution in [0.3, 0.4) is 0 Å². The summed E-state index contributed by atoms with van der Waals surface area (Å²) < 4.78 is 11.8. The Kier molecular flexibility index (Phi) is 5.64. The molecule has 0 aliphatic carbocycles. The Morgan fingerprint density at radius 1 is 1.16 bits per heavy atom. The van der Waals surface area contributed by atoms with E-state index in [0.717, 1.165) is 9.13 Å². The molecule has 0 saturated heterocycles. The average Bonchev–Trinajstić information content (AvgIpc) is 3.10. The van der Waals surface area contributed by atoms with Crippen LogP contribution in [0.25, 0.3) is 11.4 Å². The van der Waals surface area contributed by atoms with E-state index in [1.807, 2.05) is 54.6 Å². The SMILES string of the molecule is CN(Cc1nc(-c2ccccc2)no1)C(=O)COc1ccc(I)cc1. The van der Waals surface area contributed by atoms with Gasteiger partial charge in [-0.25, -0.2) is 0 Å². The number of rotatable bonds is 6. The standard InChI is InChI=1S/C18H16IN3O3/c1-22(17(23)12-24-15-9-7-14(19)8-10-15)11-16-20-18(21-25-16)13-5-3-2-4-6-13/h2-10H,11-12H2,1H3. The summed E-state index contributed by atoms with van der Waals surface area (Å²) in [6.07, 6.45) is 0. The van der Waals surface area contributed by atoms with Gasteiger partial charge in [0.25, 0.3) is 5.91 Å². The van der Waals surface area contributed by atoms with Gasteiger partial charge in [0.15, 0.2) is 6.61 Å². The van der Waals surface area contributed by atoms with Gasteiger partial charge in [0.2, 0.25) is 11.7 Å². The molecule has 2 aromatic carbocycles. The second-order valence-corrected chi connectivity index (χ2v) is 6.62. The Hall–Kier alpha value is -2.42. The number of aromatic nitrogens is 2. The van der Waals surface area contributed by atoms with Crippen molar-refractivity contribution in [1.29, 1.82) is 0 Å². The van der Waals surface area contributed by atoms with Crippen LogP contribution in [-0.4, -0.2) is 34.6 Å². The van der Waals surface area contributed by atoms with Crippen LogP contribution in [0.5, 0.6) is 5.75 Å². The third-order valence-electron chi connectivity index (χ3n) is 3.47. The summed E-state index contributed by atoms with van der Waals surface area (Å²) in [6.45, 7) is 0.186. The number of ether oxygens (including phenoxy) is 1. The van der Waals surface area contributed by atoms with Crippen molar-refractivity contribution in [3.63, 3.8) is 0 Å². The van der Waals surface area contributed by atoms with Crippen LogP contribution in [0.1, 0.15) is 5.89 Å². The van der Waals surface area contributed by atoms with Crippen molar-refractivity contribution >= 4 is 28.5 Å². The normalized spacial score (nSPS) is 10.5. The summed E-state index contributed by atoms with van der Waals surface area (Å²) >= 11 is 2.21. The lowest BCUT2D eigenvalue weighted by molar-refractivity contribution is -0.132. The third kappa shape index (κ3) is 4.79. The molecule has 3 rings (SSSR count). The minimum Gasteiger partial charge on any atom is -0.484 e. The number of likely N-dealkylation sites (N-methyl/N-ethyl adjacent to an activating group) is 1. The summed E-state index contributed by atoms with van der Waals surface area (Å²) in [6, 6.07) is 17.0. The van der Waals surface area contributed by atoms with Crippen molar-refractivity contribution in [2.24, 2.45) is 0 Å². The van der Waals surface area contributed by atoms with Gasteiger partial charge in [0.1, 0.15) is 5.75 Å². The highest BCUT2D eigenvalue weighted by atomic mass is 127. The van der Waals surface area contributed by atoms with Crippen LogP contribution >= 0.6 is 22.6 Å². The van der Waals surface area contributed by atoms with Gasteiger partial charge in [0.05, 0.1) is 6.54 Å². The maximum absolute atomic E-state index is 12.2. The molecule has 3 aromatic rings. The molecule has 1 amide bonds. The summed E-state index contributed by atoms with van der Waals surface area (Å²) in [5, 5.41) is 3.94. The highest BCUT2D eigenvalue weighted by Gasteiger charge is 2.15. The minimum absolute atomic E-state index is 0.0449. The van der Waals surface area contributed by atoms with Crippen molar-refractivity contribution < 1.29 is 14.1 Å². The molecular weight excluding hydrogens is 433 g/mol. The molecule has 1 aromatic heterocycles. The average molecular weight is 449 g/mol. The highest BCUT2D eigenvalue weighted by molar-refractivity contribution is 14.1. The van der Waals surface area contributed by atoms with Gasteiger partial charge in [-0.3, -0.25) is 4.79 Å². The molecule has 0 aliphatic heterocycles. The Morgan fingerprint density at radius 3 is 2.60 bits per heavy atom. The zero-order valence-electron chi connectivity index (χ0n) is 13.6. The molecule has 0 spiro atoms. The lowest BCUT2D eigenvalue weighted by Crippen LogP contribution is -2.31. The number of carbonyl (C=O) groups excluding carboxylic acids is 1. The van der Waals surface area contributed by atoms with Crippen molar-refractivity contribution in [2.45, 2.75) is 6.54 Å². The van der Waals surface area contributed by atoms with Gasteiger partial charge in [0, 0.05) is 16.2 Å². The number of hydrogen-bond donors (Lipinski definition) is 0. The lowest BCUT2D eigenvalue weighted by Gasteiger charge is -2.15. The van der Waals surface area contributed by atoms with E-state index < -0.39 is 0 Å². The van der Waals surface area contributed by atoms with E-state index in [0.29, 0.717) is 17.5 Å². The number of benzene rings is 2. The number of halogens is 1. The predicted molar refractivity (Wildman–Crippen MR) is 101 cm³/mol. The first-order valence-electron chi connectivity index (χ1n) is 7.62. The first-order chi connectivity index (χ1) is 12.1. The fraction of sp³-hybridized carbons (Fsp3) is 0.167. The van der Waals surface area contributed by atoms with E-state index in [-0.39, 0.29) is 19.1 Å². The van der Waals surface area contributed by atoms with E-state index in [4.69, 9.17) is 9.26 Å². The number of amides is 1. The topological polar surface area (TPSA) is 68.5 Å². The molecule has 0 N–H and O–H groups in total. The molecule has 0 unspecified atom stereocenters. The second-order valence-electron chi connectivity index (χ2n) is 5.37. The first-order valence-corrected chi connectivity index (χ1v) is 8.70. The molecule has 128 valence electrons. The third-order valence-corrected chi connectivity index (χ3v) is 4.19. The van der Waals surface area contributed by atoms with Crippen molar-refractivity contribution in [3.8, 4) is 17.1 Å². The molecule has 0 aliphatic rings. The number of nitrogens with zero attached hydrogens (tertiary/aromatic N) is 3. The maximum atomic E-state index is 12.2. The molecule has 0 bridgehead atoms. The summed E-state index contributed by atoms with van der Waals surface area (Å²) in [7, 11) is 1.67. The molecule has 1 heterocycles. The quantitative estimate of drug-likeness (QED) is 0.540. The molecule has 25 heavy (non-hydrogen) atoms. The molecule has 0 atom stereocenters. The Balaban J connectivity index is 1.54. The van der Waals surface area contributed by atoms with Crippen molar-refractivity contribution in [1.82, 2.24) is 15.0 Å². The maximum Gasteiger partial charge on any atom is 0.260 e. The molecule has 6 nitrogen and oxygen atoms in total. The molecule has 0 saturated carbocycles. The largest absolute Gasteiger partial charge is 0.484 e. The fourth-order valence-corrected chi connectivity index (χ4v) is 2.46. The second kappa shape index (κ2) is 8.11. The Labute approximate surface area is 158 Å².